The number of carboxylic acid groups (broad SMARTS) is 1. The Morgan fingerprint density at radius 2 is 1.81 bits per heavy atom. The van der Waals surface area contributed by atoms with E-state index in [1.165, 1.54) is 25.7 Å². The van der Waals surface area contributed by atoms with Gasteiger partial charge in [0.05, 0.1) is 16.3 Å². The fraction of sp³-hybridized carbons (Fsp3) is 0.562. The summed E-state index contributed by atoms with van der Waals surface area (Å²) in [4.78, 5) is 15.8. The number of aromatic carboxylic acids is 1. The average molecular weight is 309 g/mol. The Labute approximate surface area is 130 Å². The Balaban J connectivity index is 1.65. The largest absolute Gasteiger partial charge is 0.478 e. The van der Waals surface area contributed by atoms with Crippen molar-refractivity contribution in [1.82, 2.24) is 4.90 Å². The molecule has 21 heavy (non-hydrogen) atoms. The summed E-state index contributed by atoms with van der Waals surface area (Å²) in [6.07, 6.45) is 5.42. The molecule has 1 aliphatic carbocycles. The van der Waals surface area contributed by atoms with E-state index < -0.39 is 5.97 Å². The van der Waals surface area contributed by atoms with E-state index in [1.807, 2.05) is 6.07 Å². The van der Waals surface area contributed by atoms with E-state index in [0.717, 1.165) is 37.9 Å². The lowest BCUT2D eigenvalue weighted by atomic mass is 10.1. The van der Waals surface area contributed by atoms with Crippen molar-refractivity contribution in [3.05, 3.63) is 28.8 Å². The van der Waals surface area contributed by atoms with Crippen LogP contribution in [0.4, 0.5) is 5.69 Å². The highest BCUT2D eigenvalue weighted by atomic mass is 35.5. The number of hydrogen-bond acceptors (Lipinski definition) is 3. The van der Waals surface area contributed by atoms with Crippen molar-refractivity contribution in [2.75, 3.05) is 31.1 Å². The van der Waals surface area contributed by atoms with E-state index in [2.05, 4.69) is 9.80 Å². The number of hydrogen-bond donors (Lipinski definition) is 1. The first-order chi connectivity index (χ1) is 10.1. The second kappa shape index (κ2) is 6.24. The molecule has 0 unspecified atom stereocenters. The zero-order valence-electron chi connectivity index (χ0n) is 12.1. The summed E-state index contributed by atoms with van der Waals surface area (Å²) >= 11 is 6.25. The molecule has 0 bridgehead atoms. The van der Waals surface area contributed by atoms with Crippen molar-refractivity contribution in [1.29, 1.82) is 0 Å². The molecule has 0 radical (unpaired) electrons. The molecule has 0 spiro atoms. The Kier molecular flexibility index (Phi) is 4.36. The van der Waals surface area contributed by atoms with Gasteiger partial charge in [0.15, 0.2) is 0 Å². The molecule has 1 heterocycles. The monoisotopic (exact) mass is 308 g/mol. The van der Waals surface area contributed by atoms with Gasteiger partial charge < -0.3 is 10.0 Å². The number of piperazine rings is 1. The molecule has 1 aromatic carbocycles. The number of halogens is 1. The Hall–Kier alpha value is -1.26. The summed E-state index contributed by atoms with van der Waals surface area (Å²) in [6, 6.07) is 5.78. The van der Waals surface area contributed by atoms with Crippen molar-refractivity contribution < 1.29 is 9.90 Å². The highest BCUT2D eigenvalue weighted by Crippen LogP contribution is 2.30. The highest BCUT2D eigenvalue weighted by Gasteiger charge is 2.26. The van der Waals surface area contributed by atoms with Gasteiger partial charge in [-0.15, -0.1) is 0 Å². The van der Waals surface area contributed by atoms with Gasteiger partial charge in [-0.3, -0.25) is 4.90 Å². The molecule has 3 rings (SSSR count). The van der Waals surface area contributed by atoms with Gasteiger partial charge in [0.2, 0.25) is 0 Å². The van der Waals surface area contributed by atoms with Crippen molar-refractivity contribution in [3.8, 4) is 0 Å². The molecular formula is C16H21ClN2O2. The summed E-state index contributed by atoms with van der Waals surface area (Å²) in [7, 11) is 0. The third kappa shape index (κ3) is 3.16. The number of carboxylic acids is 1. The minimum absolute atomic E-state index is 0.244. The third-order valence-electron chi connectivity index (χ3n) is 4.69. The first kappa shape index (κ1) is 14.7. The van der Waals surface area contributed by atoms with E-state index >= 15 is 0 Å². The van der Waals surface area contributed by atoms with E-state index in [4.69, 9.17) is 16.7 Å². The number of nitrogens with zero attached hydrogens (tertiary/aromatic N) is 2. The minimum atomic E-state index is -0.936. The smallest absolute Gasteiger partial charge is 0.335 e. The molecule has 1 N–H and O–H groups in total. The molecule has 5 heteroatoms. The second-order valence-corrected chi connectivity index (χ2v) is 6.34. The standard InChI is InChI=1S/C16H21ClN2O2/c17-14-11-12(16(20)21)5-6-15(14)19-9-7-18(8-10-19)13-3-1-2-4-13/h5-6,11,13H,1-4,7-10H2,(H,20,21). The molecule has 4 nitrogen and oxygen atoms in total. The minimum Gasteiger partial charge on any atom is -0.478 e. The maximum absolute atomic E-state index is 11.0. The molecule has 0 aromatic heterocycles. The SMILES string of the molecule is O=C(O)c1ccc(N2CCN(C3CCCC3)CC2)c(Cl)c1. The lowest BCUT2D eigenvalue weighted by molar-refractivity contribution is 0.0697. The van der Waals surface area contributed by atoms with Crippen molar-refractivity contribution in [2.24, 2.45) is 0 Å². The lowest BCUT2D eigenvalue weighted by Crippen LogP contribution is -2.49. The van der Waals surface area contributed by atoms with Gasteiger partial charge in [-0.05, 0) is 31.0 Å². The quantitative estimate of drug-likeness (QED) is 0.932. The summed E-state index contributed by atoms with van der Waals surface area (Å²) in [6.45, 7) is 4.06. The molecule has 0 atom stereocenters. The first-order valence-corrected chi connectivity index (χ1v) is 8.05. The second-order valence-electron chi connectivity index (χ2n) is 5.93. The van der Waals surface area contributed by atoms with E-state index in [9.17, 15) is 4.79 Å². The molecule has 114 valence electrons. The molecule has 1 aromatic rings. The van der Waals surface area contributed by atoms with Crippen molar-refractivity contribution >= 4 is 23.3 Å². The first-order valence-electron chi connectivity index (χ1n) is 7.67. The number of rotatable bonds is 3. The van der Waals surface area contributed by atoms with Gasteiger partial charge in [-0.25, -0.2) is 4.79 Å². The van der Waals surface area contributed by atoms with Gasteiger partial charge >= 0.3 is 5.97 Å². The maximum Gasteiger partial charge on any atom is 0.335 e. The number of benzene rings is 1. The van der Waals surface area contributed by atoms with Gasteiger partial charge in [-0.2, -0.15) is 0 Å². The third-order valence-corrected chi connectivity index (χ3v) is 4.99. The zero-order valence-corrected chi connectivity index (χ0v) is 12.9. The van der Waals surface area contributed by atoms with Crippen LogP contribution in [-0.4, -0.2) is 48.2 Å². The fourth-order valence-corrected chi connectivity index (χ4v) is 3.79. The van der Waals surface area contributed by atoms with Crippen LogP contribution in [0.5, 0.6) is 0 Å². The summed E-state index contributed by atoms with van der Waals surface area (Å²) in [5.41, 5.74) is 1.20. The van der Waals surface area contributed by atoms with E-state index in [0.29, 0.717) is 5.02 Å². The highest BCUT2D eigenvalue weighted by molar-refractivity contribution is 6.33. The van der Waals surface area contributed by atoms with Crippen molar-refractivity contribution in [3.63, 3.8) is 0 Å². The molecule has 0 amide bonds. The van der Waals surface area contributed by atoms with Crippen LogP contribution >= 0.6 is 11.6 Å². The number of anilines is 1. The fourth-order valence-electron chi connectivity index (χ4n) is 3.49. The molecule has 2 aliphatic rings. The van der Waals surface area contributed by atoms with Gasteiger partial charge in [-0.1, -0.05) is 24.4 Å². The Bertz CT molecular complexity index is 521. The normalized spacial score (nSPS) is 20.9. The summed E-state index contributed by atoms with van der Waals surface area (Å²) in [5.74, 6) is -0.936. The summed E-state index contributed by atoms with van der Waals surface area (Å²) in [5, 5.41) is 9.52. The van der Waals surface area contributed by atoms with Gasteiger partial charge in [0, 0.05) is 32.2 Å². The predicted molar refractivity (Wildman–Crippen MR) is 84.5 cm³/mol. The average Bonchev–Trinajstić information content (AvgIpc) is 3.01. The predicted octanol–water partition coefficient (Wildman–Crippen LogP) is 3.10. The van der Waals surface area contributed by atoms with Crippen LogP contribution < -0.4 is 4.90 Å². The number of carbonyl (C=O) groups is 1. The molecular weight excluding hydrogens is 288 g/mol. The molecule has 2 fully saturated rings. The van der Waals surface area contributed by atoms with E-state index in [1.54, 1.807) is 12.1 Å². The van der Waals surface area contributed by atoms with E-state index in [-0.39, 0.29) is 5.56 Å². The Morgan fingerprint density at radius 3 is 2.38 bits per heavy atom. The van der Waals surface area contributed by atoms with Crippen LogP contribution in [0.3, 0.4) is 0 Å². The zero-order chi connectivity index (χ0) is 14.8. The van der Waals surface area contributed by atoms with Crippen molar-refractivity contribution in [2.45, 2.75) is 31.7 Å². The Morgan fingerprint density at radius 1 is 1.14 bits per heavy atom. The summed E-state index contributed by atoms with van der Waals surface area (Å²) < 4.78 is 0. The van der Waals surface area contributed by atoms with Gasteiger partial charge in [0.1, 0.15) is 0 Å². The molecule has 1 saturated carbocycles. The van der Waals surface area contributed by atoms with Crippen LogP contribution in [0.15, 0.2) is 18.2 Å². The molecule has 1 aliphatic heterocycles. The maximum atomic E-state index is 11.0. The van der Waals surface area contributed by atoms with Gasteiger partial charge in [0.25, 0.3) is 0 Å². The molecule has 1 saturated heterocycles. The van der Waals surface area contributed by atoms with Crippen LogP contribution in [0.25, 0.3) is 0 Å². The van der Waals surface area contributed by atoms with Crippen LogP contribution in [0, 0.1) is 0 Å². The van der Waals surface area contributed by atoms with Crippen LogP contribution in [0.2, 0.25) is 5.02 Å². The lowest BCUT2D eigenvalue weighted by Gasteiger charge is -2.39. The topological polar surface area (TPSA) is 43.8 Å². The van der Waals surface area contributed by atoms with Crippen LogP contribution in [-0.2, 0) is 0 Å². The van der Waals surface area contributed by atoms with Crippen LogP contribution in [0.1, 0.15) is 36.0 Å².